The van der Waals surface area contributed by atoms with E-state index in [1.807, 2.05) is 0 Å². The molecule has 6 rings (SSSR count). The number of alkyl halides is 3. The third-order valence-electron chi connectivity index (χ3n) is 7.88. The van der Waals surface area contributed by atoms with Gasteiger partial charge in [0.2, 0.25) is 11.9 Å². The maximum Gasteiger partial charge on any atom is 0.434 e. The predicted octanol–water partition coefficient (Wildman–Crippen LogP) is 1.60. The summed E-state index contributed by atoms with van der Waals surface area (Å²) >= 11 is 0. The molecular formula is C21H26F3N5O4S. The van der Waals surface area contributed by atoms with E-state index in [0.717, 1.165) is 17.5 Å². The van der Waals surface area contributed by atoms with E-state index in [1.165, 1.54) is 0 Å². The number of carbonyl (C=O) groups is 2. The molecular weight excluding hydrogens is 475 g/mol. The highest BCUT2D eigenvalue weighted by Crippen LogP contribution is 2.62. The largest absolute Gasteiger partial charge is 0.434 e. The molecule has 2 heterocycles. The molecule has 5 aliphatic rings. The lowest BCUT2D eigenvalue weighted by Crippen LogP contribution is -2.62. The Kier molecular flexibility index (Phi) is 5.16. The first-order chi connectivity index (χ1) is 15.8. The number of nitrogens with two attached hydrogens (primary N) is 1. The van der Waals surface area contributed by atoms with E-state index in [2.05, 4.69) is 15.3 Å². The molecule has 0 spiro atoms. The minimum Gasteiger partial charge on any atom is -0.369 e. The van der Waals surface area contributed by atoms with Crippen molar-refractivity contribution in [2.24, 2.45) is 23.0 Å². The molecule has 9 nitrogen and oxygen atoms in total. The van der Waals surface area contributed by atoms with Crippen LogP contribution in [0.4, 0.5) is 19.1 Å². The standard InChI is InChI=1S/C21H26F3N5O4S/c22-21(23,24)15-14(16(30)29-1-3-34(32,33)4-2-29)10-26-18(27-15)28-20-8-12-5-13(9-20)7-19(6-12,11-20)17(25)31/h10,12-13H,1-9,11H2,(H2,25,31)(H,26,27,28). The fourth-order valence-corrected chi connectivity index (χ4v) is 8.04. The fourth-order valence-electron chi connectivity index (χ4n) is 6.83. The van der Waals surface area contributed by atoms with Crippen molar-refractivity contribution in [2.75, 3.05) is 29.9 Å². The summed E-state index contributed by atoms with van der Waals surface area (Å²) in [5.41, 5.74) is 2.39. The smallest absolute Gasteiger partial charge is 0.369 e. The Morgan fingerprint density at radius 3 is 2.29 bits per heavy atom. The van der Waals surface area contributed by atoms with Crippen molar-refractivity contribution in [3.63, 3.8) is 0 Å². The van der Waals surface area contributed by atoms with Gasteiger partial charge in [0, 0.05) is 24.8 Å². The quantitative estimate of drug-likeness (QED) is 0.640. The molecule has 1 saturated heterocycles. The van der Waals surface area contributed by atoms with Crippen molar-refractivity contribution in [2.45, 2.75) is 50.2 Å². The Bertz CT molecular complexity index is 1130. The molecule has 4 aliphatic carbocycles. The van der Waals surface area contributed by atoms with Gasteiger partial charge >= 0.3 is 6.18 Å². The van der Waals surface area contributed by atoms with Gasteiger partial charge in [-0.1, -0.05) is 0 Å². The molecule has 2 unspecified atom stereocenters. The van der Waals surface area contributed by atoms with Crippen molar-refractivity contribution in [3.8, 4) is 0 Å². The monoisotopic (exact) mass is 501 g/mol. The first-order valence-corrected chi connectivity index (χ1v) is 13.1. The highest BCUT2D eigenvalue weighted by atomic mass is 32.2. The lowest BCUT2D eigenvalue weighted by Gasteiger charge is -2.61. The molecule has 2 atom stereocenters. The fraction of sp³-hybridized carbons (Fsp3) is 0.714. The lowest BCUT2D eigenvalue weighted by atomic mass is 9.46. The van der Waals surface area contributed by atoms with Crippen LogP contribution in [0.3, 0.4) is 0 Å². The number of sulfone groups is 1. The number of rotatable bonds is 4. The second kappa shape index (κ2) is 7.53. The lowest BCUT2D eigenvalue weighted by molar-refractivity contribution is -0.143. The number of anilines is 1. The zero-order chi connectivity index (χ0) is 24.5. The van der Waals surface area contributed by atoms with Crippen LogP contribution >= 0.6 is 0 Å². The summed E-state index contributed by atoms with van der Waals surface area (Å²) in [6.07, 6.45) is 0.155. The van der Waals surface area contributed by atoms with Crippen LogP contribution in [-0.4, -0.2) is 65.2 Å². The third-order valence-corrected chi connectivity index (χ3v) is 9.49. The van der Waals surface area contributed by atoms with Crippen LogP contribution in [0.5, 0.6) is 0 Å². The number of halogens is 3. The number of nitrogens with zero attached hydrogens (tertiary/aromatic N) is 3. The molecule has 0 aromatic carbocycles. The summed E-state index contributed by atoms with van der Waals surface area (Å²) in [5, 5.41) is 3.10. The van der Waals surface area contributed by atoms with E-state index in [9.17, 15) is 31.2 Å². The summed E-state index contributed by atoms with van der Waals surface area (Å²) < 4.78 is 64.9. The van der Waals surface area contributed by atoms with Crippen LogP contribution in [-0.2, 0) is 20.8 Å². The van der Waals surface area contributed by atoms with Crippen molar-refractivity contribution < 1.29 is 31.2 Å². The van der Waals surface area contributed by atoms with Gasteiger partial charge in [0.1, 0.15) is 0 Å². The van der Waals surface area contributed by atoms with E-state index in [0.29, 0.717) is 32.1 Å². The average Bonchev–Trinajstić information content (AvgIpc) is 2.71. The Labute approximate surface area is 194 Å². The molecule has 5 fully saturated rings. The van der Waals surface area contributed by atoms with Crippen molar-refractivity contribution in [3.05, 3.63) is 17.5 Å². The highest BCUT2D eigenvalue weighted by molar-refractivity contribution is 7.91. The van der Waals surface area contributed by atoms with Gasteiger partial charge in [-0.05, 0) is 50.4 Å². The first-order valence-electron chi connectivity index (χ1n) is 11.3. The summed E-state index contributed by atoms with van der Waals surface area (Å²) in [5.74, 6) is -1.63. The summed E-state index contributed by atoms with van der Waals surface area (Å²) in [4.78, 5) is 33.9. The average molecular weight is 502 g/mol. The number of hydrogen-bond donors (Lipinski definition) is 2. The third kappa shape index (κ3) is 4.01. The molecule has 0 radical (unpaired) electrons. The summed E-state index contributed by atoms with van der Waals surface area (Å²) in [6.45, 7) is -0.362. The molecule has 4 bridgehead atoms. The van der Waals surface area contributed by atoms with E-state index < -0.39 is 44.1 Å². The molecule has 4 saturated carbocycles. The van der Waals surface area contributed by atoms with Crippen LogP contribution in [0.2, 0.25) is 0 Å². The molecule has 2 amide bonds. The highest BCUT2D eigenvalue weighted by Gasteiger charge is 2.60. The minimum atomic E-state index is -4.91. The zero-order valence-corrected chi connectivity index (χ0v) is 19.2. The number of aromatic nitrogens is 2. The SMILES string of the molecule is NC(=O)C12CC3CC(CC(Nc4ncc(C(=O)N5CCS(=O)(=O)CC5)c(C(F)(F)F)n4)(C3)C1)C2. The van der Waals surface area contributed by atoms with Gasteiger partial charge in [-0.3, -0.25) is 9.59 Å². The summed E-state index contributed by atoms with van der Waals surface area (Å²) in [7, 11) is -3.30. The first kappa shape index (κ1) is 23.3. The normalized spacial score (nSPS) is 34.1. The molecule has 34 heavy (non-hydrogen) atoms. The van der Waals surface area contributed by atoms with Crippen molar-refractivity contribution in [1.29, 1.82) is 0 Å². The van der Waals surface area contributed by atoms with Crippen LogP contribution < -0.4 is 11.1 Å². The van der Waals surface area contributed by atoms with Crippen LogP contribution in [0.1, 0.15) is 54.6 Å². The van der Waals surface area contributed by atoms with E-state index in [4.69, 9.17) is 5.73 Å². The van der Waals surface area contributed by atoms with Gasteiger partial charge in [0.05, 0.1) is 22.5 Å². The number of nitrogens with one attached hydrogen (secondary N) is 1. The van der Waals surface area contributed by atoms with Gasteiger partial charge in [-0.2, -0.15) is 13.2 Å². The predicted molar refractivity (Wildman–Crippen MR) is 114 cm³/mol. The Balaban J connectivity index is 1.43. The molecule has 13 heteroatoms. The van der Waals surface area contributed by atoms with Crippen LogP contribution in [0, 0.1) is 17.3 Å². The van der Waals surface area contributed by atoms with Crippen molar-refractivity contribution in [1.82, 2.24) is 14.9 Å². The van der Waals surface area contributed by atoms with Crippen LogP contribution in [0.15, 0.2) is 6.20 Å². The van der Waals surface area contributed by atoms with Gasteiger partial charge in [0.25, 0.3) is 5.91 Å². The maximum atomic E-state index is 13.9. The van der Waals surface area contributed by atoms with E-state index in [1.54, 1.807) is 0 Å². The zero-order valence-electron chi connectivity index (χ0n) is 18.4. The number of carbonyl (C=O) groups excluding carboxylic acids is 2. The second-order valence-corrected chi connectivity index (χ2v) is 12.7. The topological polar surface area (TPSA) is 135 Å². The Morgan fingerprint density at radius 2 is 1.74 bits per heavy atom. The Hall–Kier alpha value is -2.44. The second-order valence-electron chi connectivity index (χ2n) is 10.4. The molecule has 1 aromatic heterocycles. The minimum absolute atomic E-state index is 0.181. The van der Waals surface area contributed by atoms with Gasteiger partial charge < -0.3 is 16.0 Å². The maximum absolute atomic E-state index is 13.9. The molecule has 186 valence electrons. The van der Waals surface area contributed by atoms with E-state index in [-0.39, 0.29) is 48.3 Å². The number of hydrogen-bond acceptors (Lipinski definition) is 7. The van der Waals surface area contributed by atoms with Gasteiger partial charge in [-0.25, -0.2) is 18.4 Å². The Morgan fingerprint density at radius 1 is 1.12 bits per heavy atom. The number of amides is 2. The number of primary amides is 1. The van der Waals surface area contributed by atoms with Crippen molar-refractivity contribution >= 4 is 27.6 Å². The molecule has 1 aromatic rings. The summed E-state index contributed by atoms with van der Waals surface area (Å²) in [6, 6.07) is 0. The molecule has 3 N–H and O–H groups in total. The van der Waals surface area contributed by atoms with Crippen LogP contribution in [0.25, 0.3) is 0 Å². The van der Waals surface area contributed by atoms with Gasteiger partial charge in [0.15, 0.2) is 15.5 Å². The van der Waals surface area contributed by atoms with Gasteiger partial charge in [-0.15, -0.1) is 0 Å². The van der Waals surface area contributed by atoms with E-state index >= 15 is 0 Å². The molecule has 1 aliphatic heterocycles.